The number of hydrogen-bond donors (Lipinski definition) is 2. The summed E-state index contributed by atoms with van der Waals surface area (Å²) in [5.74, 6) is -0.688. The molecule has 0 atom stereocenters. The lowest BCUT2D eigenvalue weighted by Crippen LogP contribution is -2.24. The first-order chi connectivity index (χ1) is 8.18. The molecule has 1 aromatic carbocycles. The molecule has 86 valence electrons. The highest BCUT2D eigenvalue weighted by molar-refractivity contribution is 6.04. The third-order valence-corrected chi connectivity index (χ3v) is 2.25. The number of hydrogen-bond acceptors (Lipinski definition) is 1. The Morgan fingerprint density at radius 1 is 1.06 bits per heavy atom. The zero-order valence-corrected chi connectivity index (χ0v) is 9.08. The summed E-state index contributed by atoms with van der Waals surface area (Å²) in [4.78, 5) is 15.3. The highest BCUT2D eigenvalue weighted by Gasteiger charge is 2.10. The number of amides is 1. The predicted molar refractivity (Wildman–Crippen MR) is 65.9 cm³/mol. The third kappa shape index (κ3) is 2.34. The Hall–Kier alpha value is -2.56. The van der Waals surface area contributed by atoms with Crippen molar-refractivity contribution < 1.29 is 4.79 Å². The Bertz CT molecular complexity index is 554. The van der Waals surface area contributed by atoms with Crippen molar-refractivity contribution in [2.24, 2.45) is 16.5 Å². The first kappa shape index (κ1) is 10.9. The molecule has 5 heteroatoms. The van der Waals surface area contributed by atoms with Crippen LogP contribution >= 0.6 is 0 Å². The van der Waals surface area contributed by atoms with E-state index in [-0.39, 0.29) is 5.96 Å². The van der Waals surface area contributed by atoms with E-state index < -0.39 is 5.91 Å². The van der Waals surface area contributed by atoms with Gasteiger partial charge in [0.1, 0.15) is 0 Å². The number of guanidine groups is 1. The molecule has 0 fully saturated rings. The molecular weight excluding hydrogens is 216 g/mol. The summed E-state index contributed by atoms with van der Waals surface area (Å²) in [5, 5.41) is 0. The fraction of sp³-hybridized carbons (Fsp3) is 0. The highest BCUT2D eigenvalue weighted by atomic mass is 16.1. The Kier molecular flexibility index (Phi) is 2.91. The number of rotatable bonds is 2. The van der Waals surface area contributed by atoms with E-state index in [4.69, 9.17) is 11.5 Å². The van der Waals surface area contributed by atoms with Crippen molar-refractivity contribution in [2.45, 2.75) is 0 Å². The van der Waals surface area contributed by atoms with Crippen LogP contribution in [0.4, 0.5) is 0 Å². The molecule has 17 heavy (non-hydrogen) atoms. The van der Waals surface area contributed by atoms with E-state index >= 15 is 0 Å². The van der Waals surface area contributed by atoms with Gasteiger partial charge in [0.15, 0.2) is 5.96 Å². The average molecular weight is 228 g/mol. The van der Waals surface area contributed by atoms with Crippen LogP contribution in [0.3, 0.4) is 0 Å². The minimum Gasteiger partial charge on any atom is -0.370 e. The van der Waals surface area contributed by atoms with Crippen molar-refractivity contribution in [1.82, 2.24) is 4.57 Å². The molecule has 0 aliphatic rings. The van der Waals surface area contributed by atoms with Gasteiger partial charge < -0.3 is 16.0 Å². The molecule has 2 rings (SSSR count). The minimum atomic E-state index is -0.450. The number of nitrogens with two attached hydrogens (primary N) is 2. The standard InChI is InChI=1S/C12H12N4O/c13-12(14)15-11(17)9-5-1-2-6-10(9)16-7-3-4-8-16/h1-8H,(H4,13,14,15,17). The zero-order valence-electron chi connectivity index (χ0n) is 9.08. The van der Waals surface area contributed by atoms with Crippen molar-refractivity contribution >= 4 is 11.9 Å². The van der Waals surface area contributed by atoms with Gasteiger partial charge in [0.05, 0.1) is 11.3 Å². The molecule has 0 unspecified atom stereocenters. The third-order valence-electron chi connectivity index (χ3n) is 2.25. The summed E-state index contributed by atoms with van der Waals surface area (Å²) in [6.45, 7) is 0. The maximum atomic E-state index is 11.8. The Morgan fingerprint density at radius 2 is 1.71 bits per heavy atom. The lowest BCUT2D eigenvalue weighted by atomic mass is 10.1. The summed E-state index contributed by atoms with van der Waals surface area (Å²) in [7, 11) is 0. The molecule has 1 heterocycles. The number of carbonyl (C=O) groups excluding carboxylic acids is 1. The SMILES string of the molecule is NC(N)=NC(=O)c1ccccc1-n1cccc1. The van der Waals surface area contributed by atoms with Gasteiger partial charge in [0, 0.05) is 12.4 Å². The summed E-state index contributed by atoms with van der Waals surface area (Å²) in [6.07, 6.45) is 3.70. The van der Waals surface area contributed by atoms with Crippen LogP contribution in [0.15, 0.2) is 53.8 Å². The Morgan fingerprint density at radius 3 is 2.35 bits per heavy atom. The van der Waals surface area contributed by atoms with Gasteiger partial charge in [-0.25, -0.2) is 0 Å². The molecule has 0 spiro atoms. The van der Waals surface area contributed by atoms with E-state index in [2.05, 4.69) is 4.99 Å². The van der Waals surface area contributed by atoms with Crippen LogP contribution in [-0.2, 0) is 0 Å². The Labute approximate surface area is 98.4 Å². The second kappa shape index (κ2) is 4.52. The largest absolute Gasteiger partial charge is 0.370 e. The van der Waals surface area contributed by atoms with Crippen molar-refractivity contribution in [2.75, 3.05) is 0 Å². The van der Waals surface area contributed by atoms with Crippen LogP contribution in [0.2, 0.25) is 0 Å². The quantitative estimate of drug-likeness (QED) is 0.591. The van der Waals surface area contributed by atoms with Crippen LogP contribution in [0.1, 0.15) is 10.4 Å². The van der Waals surface area contributed by atoms with E-state index in [1.165, 1.54) is 0 Å². The number of benzene rings is 1. The van der Waals surface area contributed by atoms with Gasteiger partial charge in [-0.2, -0.15) is 4.99 Å². The van der Waals surface area contributed by atoms with E-state index in [0.29, 0.717) is 5.56 Å². The average Bonchev–Trinajstić information content (AvgIpc) is 2.81. The molecule has 1 aromatic heterocycles. The smallest absolute Gasteiger partial charge is 0.282 e. The first-order valence-corrected chi connectivity index (χ1v) is 5.05. The van der Waals surface area contributed by atoms with Gasteiger partial charge in [-0.05, 0) is 24.3 Å². The molecule has 1 amide bonds. The minimum absolute atomic E-state index is 0.239. The molecule has 0 aliphatic carbocycles. The number of para-hydroxylation sites is 1. The molecule has 0 radical (unpaired) electrons. The number of carbonyl (C=O) groups is 1. The zero-order chi connectivity index (χ0) is 12.3. The van der Waals surface area contributed by atoms with Crippen LogP contribution in [-0.4, -0.2) is 16.4 Å². The number of aromatic nitrogens is 1. The van der Waals surface area contributed by atoms with E-state index in [9.17, 15) is 4.79 Å². The normalized spacial score (nSPS) is 9.88. The lowest BCUT2D eigenvalue weighted by molar-refractivity contribution is 0.100. The van der Waals surface area contributed by atoms with Gasteiger partial charge in [-0.15, -0.1) is 0 Å². The molecule has 0 saturated heterocycles. The predicted octanol–water partition coefficient (Wildman–Crippen LogP) is 0.891. The van der Waals surface area contributed by atoms with E-state index in [1.807, 2.05) is 41.2 Å². The lowest BCUT2D eigenvalue weighted by Gasteiger charge is -2.07. The molecule has 0 bridgehead atoms. The summed E-state index contributed by atoms with van der Waals surface area (Å²) < 4.78 is 1.83. The molecule has 5 nitrogen and oxygen atoms in total. The van der Waals surface area contributed by atoms with Gasteiger partial charge in [-0.3, -0.25) is 4.79 Å². The fourth-order valence-electron chi connectivity index (χ4n) is 1.55. The van der Waals surface area contributed by atoms with Gasteiger partial charge in [0.25, 0.3) is 5.91 Å². The van der Waals surface area contributed by atoms with Crippen molar-refractivity contribution in [1.29, 1.82) is 0 Å². The van der Waals surface area contributed by atoms with Crippen molar-refractivity contribution in [3.05, 3.63) is 54.4 Å². The maximum absolute atomic E-state index is 11.8. The Balaban J connectivity index is 2.49. The van der Waals surface area contributed by atoms with Crippen LogP contribution in [0.25, 0.3) is 5.69 Å². The van der Waals surface area contributed by atoms with Crippen molar-refractivity contribution in [3.8, 4) is 5.69 Å². The molecular formula is C12H12N4O. The van der Waals surface area contributed by atoms with Crippen LogP contribution < -0.4 is 11.5 Å². The summed E-state index contributed by atoms with van der Waals surface area (Å²) in [5.41, 5.74) is 11.6. The monoisotopic (exact) mass is 228 g/mol. The van der Waals surface area contributed by atoms with Gasteiger partial charge in [0.2, 0.25) is 0 Å². The van der Waals surface area contributed by atoms with Gasteiger partial charge >= 0.3 is 0 Å². The maximum Gasteiger partial charge on any atom is 0.282 e. The number of aliphatic imine (C=N–C) groups is 1. The molecule has 0 saturated carbocycles. The molecule has 2 aromatic rings. The summed E-state index contributed by atoms with van der Waals surface area (Å²) >= 11 is 0. The molecule has 0 aliphatic heterocycles. The van der Waals surface area contributed by atoms with E-state index in [0.717, 1.165) is 5.69 Å². The fourth-order valence-corrected chi connectivity index (χ4v) is 1.55. The second-order valence-corrected chi connectivity index (χ2v) is 3.45. The van der Waals surface area contributed by atoms with E-state index in [1.54, 1.807) is 12.1 Å². The second-order valence-electron chi connectivity index (χ2n) is 3.45. The van der Waals surface area contributed by atoms with Crippen LogP contribution in [0.5, 0.6) is 0 Å². The van der Waals surface area contributed by atoms with Crippen molar-refractivity contribution in [3.63, 3.8) is 0 Å². The summed E-state index contributed by atoms with van der Waals surface area (Å²) in [6, 6.07) is 10.9. The van der Waals surface area contributed by atoms with Gasteiger partial charge in [-0.1, -0.05) is 12.1 Å². The number of nitrogens with zero attached hydrogens (tertiary/aromatic N) is 2. The topological polar surface area (TPSA) is 86.4 Å². The highest BCUT2D eigenvalue weighted by Crippen LogP contribution is 2.15. The molecule has 4 N–H and O–H groups in total. The van der Waals surface area contributed by atoms with Crippen LogP contribution in [0, 0.1) is 0 Å². The first-order valence-electron chi connectivity index (χ1n) is 5.05.